The van der Waals surface area contributed by atoms with E-state index in [1.165, 1.54) is 51.4 Å². The van der Waals surface area contributed by atoms with Gasteiger partial charge in [-0.1, -0.05) is 64.7 Å². The van der Waals surface area contributed by atoms with Crippen LogP contribution in [0.25, 0.3) is 0 Å². The van der Waals surface area contributed by atoms with Gasteiger partial charge in [0.2, 0.25) is 5.91 Å². The minimum Gasteiger partial charge on any atom is -0.370 e. The highest BCUT2D eigenvalue weighted by Gasteiger charge is 1.99. The number of unbranched alkanes of at least 4 members (excludes halogenated alkanes) is 9. The number of nitrogens with two attached hydrogens (primary N) is 2. The van der Waals surface area contributed by atoms with Crippen LogP contribution in [0.4, 0.5) is 0 Å². The summed E-state index contributed by atoms with van der Waals surface area (Å²) in [5, 5.41) is 0. The highest BCUT2D eigenvalue weighted by atomic mass is 16.1. The quantitative estimate of drug-likeness (QED) is 0.338. The number of nitrogens with zero attached hydrogens (tertiary/aromatic N) is 1. The maximum Gasteiger partial charge on any atom is 0.248 e. The van der Waals surface area contributed by atoms with Crippen molar-refractivity contribution in [1.82, 2.24) is 0 Å². The van der Waals surface area contributed by atoms with E-state index in [0.29, 0.717) is 6.42 Å². The van der Waals surface area contributed by atoms with Crippen molar-refractivity contribution in [2.45, 2.75) is 77.6 Å². The third-order valence-corrected chi connectivity index (χ3v) is 3.00. The van der Waals surface area contributed by atoms with Crippen LogP contribution in [0.15, 0.2) is 4.99 Å². The smallest absolute Gasteiger partial charge is 0.248 e. The van der Waals surface area contributed by atoms with Crippen LogP contribution in [0.5, 0.6) is 0 Å². The summed E-state index contributed by atoms with van der Waals surface area (Å²) in [6.07, 6.45) is 13.1. The predicted molar refractivity (Wildman–Crippen MR) is 77.3 cm³/mol. The van der Waals surface area contributed by atoms with Crippen LogP contribution in [0.1, 0.15) is 77.6 Å². The Morgan fingerprint density at radius 2 is 1.28 bits per heavy atom. The molecule has 0 saturated heterocycles. The van der Waals surface area contributed by atoms with Crippen molar-refractivity contribution < 1.29 is 4.79 Å². The molecule has 4 nitrogen and oxygen atoms in total. The van der Waals surface area contributed by atoms with Gasteiger partial charge < -0.3 is 11.5 Å². The zero-order valence-corrected chi connectivity index (χ0v) is 11.8. The average Bonchev–Trinajstić information content (AvgIpc) is 2.30. The first-order valence-corrected chi connectivity index (χ1v) is 7.29. The lowest BCUT2D eigenvalue weighted by Crippen LogP contribution is -2.24. The van der Waals surface area contributed by atoms with Crippen LogP contribution in [-0.2, 0) is 4.79 Å². The second-order valence-electron chi connectivity index (χ2n) is 4.86. The third kappa shape index (κ3) is 13.0. The number of carbonyl (C=O) groups is 1. The number of amides is 1. The maximum atomic E-state index is 11.1. The van der Waals surface area contributed by atoms with Gasteiger partial charge in [-0.05, 0) is 6.42 Å². The first-order chi connectivity index (χ1) is 8.66. The highest BCUT2D eigenvalue weighted by molar-refractivity contribution is 5.91. The molecular formula is C14H29N3O. The molecule has 0 atom stereocenters. The van der Waals surface area contributed by atoms with Crippen molar-refractivity contribution >= 4 is 11.9 Å². The molecule has 0 heterocycles. The molecule has 0 rings (SSSR count). The molecule has 1 amide bonds. The molecule has 0 aromatic heterocycles. The minimum absolute atomic E-state index is 0.132. The normalized spacial score (nSPS) is 10.3. The molecule has 4 N–H and O–H groups in total. The van der Waals surface area contributed by atoms with Gasteiger partial charge in [-0.3, -0.25) is 4.79 Å². The Balaban J connectivity index is 3.16. The summed E-state index contributed by atoms with van der Waals surface area (Å²) in [7, 11) is 0. The van der Waals surface area contributed by atoms with Crippen molar-refractivity contribution in [2.24, 2.45) is 16.5 Å². The van der Waals surface area contributed by atoms with E-state index in [2.05, 4.69) is 11.9 Å². The van der Waals surface area contributed by atoms with Gasteiger partial charge in [0.25, 0.3) is 0 Å². The Morgan fingerprint density at radius 3 is 1.72 bits per heavy atom. The van der Waals surface area contributed by atoms with Crippen molar-refractivity contribution in [3.63, 3.8) is 0 Å². The number of guanidine groups is 1. The third-order valence-electron chi connectivity index (χ3n) is 3.00. The Labute approximate surface area is 111 Å². The lowest BCUT2D eigenvalue weighted by molar-refractivity contribution is -0.117. The van der Waals surface area contributed by atoms with Gasteiger partial charge in [0, 0.05) is 6.42 Å². The van der Waals surface area contributed by atoms with Gasteiger partial charge in [0.05, 0.1) is 0 Å². The van der Waals surface area contributed by atoms with Crippen LogP contribution in [0.3, 0.4) is 0 Å². The number of hydrogen-bond acceptors (Lipinski definition) is 1. The fourth-order valence-electron chi connectivity index (χ4n) is 1.96. The zero-order chi connectivity index (χ0) is 13.6. The molecule has 0 unspecified atom stereocenters. The molecule has 0 saturated carbocycles. The molecule has 0 aliphatic carbocycles. The Bertz CT molecular complexity index is 235. The zero-order valence-electron chi connectivity index (χ0n) is 11.8. The summed E-state index contributed by atoms with van der Waals surface area (Å²) >= 11 is 0. The Morgan fingerprint density at radius 1 is 0.833 bits per heavy atom. The standard InChI is InChI=1S/C14H29N3O/c1-2-3-4-5-6-7-8-9-10-11-12-13(18)17-14(15)16/h2-12H2,1H3,(H4,15,16,17,18). The molecule has 0 aromatic carbocycles. The van der Waals surface area contributed by atoms with Crippen LogP contribution < -0.4 is 11.5 Å². The topological polar surface area (TPSA) is 81.5 Å². The van der Waals surface area contributed by atoms with Crippen LogP contribution in [0.2, 0.25) is 0 Å². The van der Waals surface area contributed by atoms with E-state index in [1.54, 1.807) is 0 Å². The SMILES string of the molecule is CCCCCCCCCCCCC(=O)N=C(N)N. The van der Waals surface area contributed by atoms with Gasteiger partial charge in [0.15, 0.2) is 5.96 Å². The lowest BCUT2D eigenvalue weighted by Gasteiger charge is -2.01. The van der Waals surface area contributed by atoms with Gasteiger partial charge in [-0.2, -0.15) is 4.99 Å². The van der Waals surface area contributed by atoms with Crippen molar-refractivity contribution in [1.29, 1.82) is 0 Å². The molecule has 0 fully saturated rings. The van der Waals surface area contributed by atoms with E-state index in [4.69, 9.17) is 11.5 Å². The maximum absolute atomic E-state index is 11.1. The molecule has 18 heavy (non-hydrogen) atoms. The Kier molecular flexibility index (Phi) is 11.7. The number of carbonyl (C=O) groups excluding carboxylic acids is 1. The second-order valence-corrected chi connectivity index (χ2v) is 4.86. The van der Waals surface area contributed by atoms with E-state index < -0.39 is 0 Å². The Hall–Kier alpha value is -1.06. The number of rotatable bonds is 11. The minimum atomic E-state index is -0.199. The molecule has 0 radical (unpaired) electrons. The molecule has 4 heteroatoms. The summed E-state index contributed by atoms with van der Waals surface area (Å²) in [4.78, 5) is 14.6. The van der Waals surface area contributed by atoms with E-state index in [1.807, 2.05) is 0 Å². The number of aliphatic imine (C=N–C) groups is 1. The summed E-state index contributed by atoms with van der Waals surface area (Å²) in [6, 6.07) is 0. The molecule has 0 spiro atoms. The van der Waals surface area contributed by atoms with Crippen molar-refractivity contribution in [3.8, 4) is 0 Å². The monoisotopic (exact) mass is 255 g/mol. The molecule has 0 bridgehead atoms. The van der Waals surface area contributed by atoms with E-state index >= 15 is 0 Å². The molecule has 106 valence electrons. The summed E-state index contributed by atoms with van der Waals surface area (Å²) in [5.41, 5.74) is 10.2. The lowest BCUT2D eigenvalue weighted by atomic mass is 10.1. The van der Waals surface area contributed by atoms with Crippen molar-refractivity contribution in [3.05, 3.63) is 0 Å². The van der Waals surface area contributed by atoms with Crippen molar-refractivity contribution in [2.75, 3.05) is 0 Å². The summed E-state index contributed by atoms with van der Waals surface area (Å²) in [6.45, 7) is 2.24. The van der Waals surface area contributed by atoms with Gasteiger partial charge in [-0.15, -0.1) is 0 Å². The second kappa shape index (κ2) is 12.4. The fourth-order valence-corrected chi connectivity index (χ4v) is 1.96. The molecule has 0 aliphatic heterocycles. The predicted octanol–water partition coefficient (Wildman–Crippen LogP) is 3.10. The van der Waals surface area contributed by atoms with Gasteiger partial charge in [-0.25, -0.2) is 0 Å². The first kappa shape index (κ1) is 16.9. The fraction of sp³-hybridized carbons (Fsp3) is 0.857. The average molecular weight is 255 g/mol. The van der Waals surface area contributed by atoms with Gasteiger partial charge in [0.1, 0.15) is 0 Å². The first-order valence-electron chi connectivity index (χ1n) is 7.29. The van der Waals surface area contributed by atoms with E-state index in [-0.39, 0.29) is 11.9 Å². The van der Waals surface area contributed by atoms with Crippen LogP contribution >= 0.6 is 0 Å². The molecule has 0 aromatic rings. The molecule has 0 aliphatic rings. The van der Waals surface area contributed by atoms with E-state index in [0.717, 1.165) is 12.8 Å². The summed E-state index contributed by atoms with van der Waals surface area (Å²) < 4.78 is 0. The molecular weight excluding hydrogens is 226 g/mol. The largest absolute Gasteiger partial charge is 0.370 e. The highest BCUT2D eigenvalue weighted by Crippen LogP contribution is 2.11. The van der Waals surface area contributed by atoms with Gasteiger partial charge >= 0.3 is 0 Å². The number of hydrogen-bond donors (Lipinski definition) is 2. The van der Waals surface area contributed by atoms with Crippen LogP contribution in [0, 0.1) is 0 Å². The van der Waals surface area contributed by atoms with E-state index in [9.17, 15) is 4.79 Å². The summed E-state index contributed by atoms with van der Waals surface area (Å²) in [5.74, 6) is -0.332. The van der Waals surface area contributed by atoms with Crippen LogP contribution in [-0.4, -0.2) is 11.9 Å².